The van der Waals surface area contributed by atoms with Gasteiger partial charge in [-0.05, 0) is 12.8 Å². The van der Waals surface area contributed by atoms with Crippen molar-refractivity contribution in [3.05, 3.63) is 12.2 Å². The molecule has 0 aromatic heterocycles. The molecule has 5 nitrogen and oxygen atoms in total. The van der Waals surface area contributed by atoms with Crippen molar-refractivity contribution in [2.45, 2.75) is 26.7 Å². The van der Waals surface area contributed by atoms with Gasteiger partial charge < -0.3 is 9.47 Å². The first-order valence-corrected chi connectivity index (χ1v) is 4.47. The Morgan fingerprint density at radius 1 is 1.13 bits per heavy atom. The van der Waals surface area contributed by atoms with Crippen molar-refractivity contribution in [3.8, 4) is 0 Å². The van der Waals surface area contributed by atoms with Crippen LogP contribution in [-0.4, -0.2) is 24.5 Å². The highest BCUT2D eigenvalue weighted by Gasteiger charge is 2.10. The molecule has 0 atom stereocenters. The van der Waals surface area contributed by atoms with E-state index >= 15 is 0 Å². The molecule has 0 spiro atoms. The summed E-state index contributed by atoms with van der Waals surface area (Å²) in [6.07, 6.45) is 0.810. The number of hydrogen-bond acceptors (Lipinski definition) is 5. The topological polar surface area (TPSA) is 69.7 Å². The summed E-state index contributed by atoms with van der Waals surface area (Å²) in [6.45, 7) is 6.13. The van der Waals surface area contributed by atoms with E-state index in [1.807, 2.05) is 0 Å². The Labute approximate surface area is 88.0 Å². The summed E-state index contributed by atoms with van der Waals surface area (Å²) in [7, 11) is 0. The van der Waals surface area contributed by atoms with Crippen LogP contribution >= 0.6 is 0 Å². The molecule has 0 radical (unpaired) electrons. The van der Waals surface area contributed by atoms with Gasteiger partial charge >= 0.3 is 17.9 Å². The Morgan fingerprint density at radius 2 is 1.73 bits per heavy atom. The van der Waals surface area contributed by atoms with Crippen LogP contribution in [-0.2, 0) is 23.9 Å². The summed E-state index contributed by atoms with van der Waals surface area (Å²) in [5.41, 5.74) is 0.192. The van der Waals surface area contributed by atoms with Gasteiger partial charge in [-0.1, -0.05) is 6.58 Å². The van der Waals surface area contributed by atoms with Crippen molar-refractivity contribution in [2.24, 2.45) is 0 Å². The highest BCUT2D eigenvalue weighted by atomic mass is 16.6. The van der Waals surface area contributed by atoms with Crippen LogP contribution in [0.4, 0.5) is 0 Å². The molecule has 5 heteroatoms. The van der Waals surface area contributed by atoms with E-state index in [0.717, 1.165) is 6.92 Å². The second-order valence-corrected chi connectivity index (χ2v) is 2.93. The predicted octanol–water partition coefficient (Wildman–Crippen LogP) is 0.976. The van der Waals surface area contributed by atoms with Gasteiger partial charge in [-0.15, -0.1) is 0 Å². The Hall–Kier alpha value is -1.65. The van der Waals surface area contributed by atoms with Crippen LogP contribution in [0.1, 0.15) is 26.7 Å². The molecule has 0 saturated heterocycles. The van der Waals surface area contributed by atoms with Gasteiger partial charge in [-0.25, -0.2) is 4.79 Å². The van der Waals surface area contributed by atoms with E-state index in [1.54, 1.807) is 0 Å². The lowest BCUT2D eigenvalue weighted by atomic mass is 10.2. The van der Waals surface area contributed by atoms with Gasteiger partial charge in [-0.3, -0.25) is 9.59 Å². The average molecular weight is 214 g/mol. The van der Waals surface area contributed by atoms with Gasteiger partial charge in [0.15, 0.2) is 0 Å². The van der Waals surface area contributed by atoms with Crippen LogP contribution in [0, 0.1) is 0 Å². The molecule has 0 aliphatic rings. The van der Waals surface area contributed by atoms with Crippen LogP contribution in [0.25, 0.3) is 0 Å². The second kappa shape index (κ2) is 6.75. The monoisotopic (exact) mass is 214 g/mol. The van der Waals surface area contributed by atoms with Crippen LogP contribution in [0.2, 0.25) is 0 Å². The van der Waals surface area contributed by atoms with E-state index in [1.165, 1.54) is 6.92 Å². The van der Waals surface area contributed by atoms with E-state index in [-0.39, 0.29) is 18.1 Å². The summed E-state index contributed by atoms with van der Waals surface area (Å²) in [6, 6.07) is 0. The van der Waals surface area contributed by atoms with E-state index < -0.39 is 11.9 Å². The number of rotatable bonds is 5. The average Bonchev–Trinajstić information content (AvgIpc) is 2.10. The normalized spacial score (nSPS) is 9.20. The molecule has 0 amide bonds. The molecular formula is C10H14O5. The zero-order valence-corrected chi connectivity index (χ0v) is 8.87. The van der Waals surface area contributed by atoms with E-state index in [0.29, 0.717) is 12.8 Å². The summed E-state index contributed by atoms with van der Waals surface area (Å²) < 4.78 is 8.96. The van der Waals surface area contributed by atoms with Crippen molar-refractivity contribution in [2.75, 3.05) is 6.61 Å². The van der Waals surface area contributed by atoms with Crippen molar-refractivity contribution in [1.29, 1.82) is 0 Å². The fourth-order valence-corrected chi connectivity index (χ4v) is 0.806. The molecule has 84 valence electrons. The number of carbonyl (C=O) groups excluding carboxylic acids is 3. The molecule has 0 aromatic rings. The summed E-state index contributed by atoms with van der Waals surface area (Å²) >= 11 is 0. The Morgan fingerprint density at radius 3 is 2.20 bits per heavy atom. The molecule has 0 unspecified atom stereocenters. The predicted molar refractivity (Wildman–Crippen MR) is 51.8 cm³/mol. The lowest BCUT2D eigenvalue weighted by molar-refractivity contribution is -0.155. The van der Waals surface area contributed by atoms with Crippen LogP contribution < -0.4 is 0 Å². The molecule has 0 aromatic carbocycles. The minimum atomic E-state index is -0.731. The van der Waals surface area contributed by atoms with Crippen molar-refractivity contribution in [1.82, 2.24) is 0 Å². The maximum absolute atomic E-state index is 11.0. The second-order valence-electron chi connectivity index (χ2n) is 2.93. The number of ether oxygens (including phenoxy) is 2. The third kappa shape index (κ3) is 7.42. The lowest BCUT2D eigenvalue weighted by Gasteiger charge is -2.04. The molecule has 0 rings (SSSR count). The van der Waals surface area contributed by atoms with Gasteiger partial charge in [0, 0.05) is 19.4 Å². The third-order valence-electron chi connectivity index (χ3n) is 1.45. The summed E-state index contributed by atoms with van der Waals surface area (Å²) in [5.74, 6) is -1.77. The molecule has 0 aliphatic carbocycles. The molecule has 15 heavy (non-hydrogen) atoms. The first kappa shape index (κ1) is 13.4. The van der Waals surface area contributed by atoms with E-state index in [9.17, 15) is 14.4 Å². The fourth-order valence-electron chi connectivity index (χ4n) is 0.806. The van der Waals surface area contributed by atoms with Crippen molar-refractivity contribution >= 4 is 17.9 Å². The summed E-state index contributed by atoms with van der Waals surface area (Å²) in [5, 5.41) is 0. The van der Waals surface area contributed by atoms with Crippen molar-refractivity contribution < 1.29 is 23.9 Å². The minimum Gasteiger partial charge on any atom is -0.466 e. The fraction of sp³-hybridized carbons (Fsp3) is 0.500. The smallest absolute Gasteiger partial charge is 0.341 e. The minimum absolute atomic E-state index is 0.192. The SMILES string of the molecule is C=C(CCCOC(C)=O)C(=O)OC(C)=O. The zero-order valence-electron chi connectivity index (χ0n) is 8.87. The molecule has 0 aliphatic heterocycles. The maximum atomic E-state index is 11.0. The molecule has 0 heterocycles. The molecular weight excluding hydrogens is 200 g/mol. The quantitative estimate of drug-likeness (QED) is 0.295. The van der Waals surface area contributed by atoms with E-state index in [4.69, 9.17) is 0 Å². The first-order valence-electron chi connectivity index (χ1n) is 4.47. The first-order chi connectivity index (χ1) is 6.93. The Balaban J connectivity index is 3.69. The number of hydrogen-bond donors (Lipinski definition) is 0. The zero-order chi connectivity index (χ0) is 11.8. The summed E-state index contributed by atoms with van der Waals surface area (Å²) in [4.78, 5) is 31.8. The van der Waals surface area contributed by atoms with Gasteiger partial charge in [0.05, 0.1) is 6.61 Å². The molecule has 0 bridgehead atoms. The molecule has 0 N–H and O–H groups in total. The van der Waals surface area contributed by atoms with Gasteiger partial charge in [-0.2, -0.15) is 0 Å². The Kier molecular flexibility index (Phi) is 6.01. The largest absolute Gasteiger partial charge is 0.466 e. The highest BCUT2D eigenvalue weighted by molar-refractivity contribution is 5.95. The molecule has 0 saturated carbocycles. The van der Waals surface area contributed by atoms with E-state index in [2.05, 4.69) is 16.1 Å². The maximum Gasteiger partial charge on any atom is 0.341 e. The lowest BCUT2D eigenvalue weighted by Crippen LogP contribution is -2.11. The van der Waals surface area contributed by atoms with Crippen LogP contribution in [0.5, 0.6) is 0 Å². The Bertz CT molecular complexity index is 280. The number of esters is 3. The third-order valence-corrected chi connectivity index (χ3v) is 1.45. The molecule has 0 fully saturated rings. The van der Waals surface area contributed by atoms with Crippen LogP contribution in [0.3, 0.4) is 0 Å². The highest BCUT2D eigenvalue weighted by Crippen LogP contribution is 2.05. The van der Waals surface area contributed by atoms with Crippen LogP contribution in [0.15, 0.2) is 12.2 Å². The number of carbonyl (C=O) groups is 3. The van der Waals surface area contributed by atoms with Crippen molar-refractivity contribution in [3.63, 3.8) is 0 Å². The van der Waals surface area contributed by atoms with Gasteiger partial charge in [0.25, 0.3) is 0 Å². The van der Waals surface area contributed by atoms with Gasteiger partial charge in [0.2, 0.25) is 0 Å². The standard InChI is InChI=1S/C10H14O5/c1-7(10(13)15-9(3)12)5-4-6-14-8(2)11/h1,4-6H2,2-3H3. The van der Waals surface area contributed by atoms with Gasteiger partial charge in [0.1, 0.15) is 0 Å².